The monoisotopic (exact) mass is 396 g/mol. The summed E-state index contributed by atoms with van der Waals surface area (Å²) in [5, 5.41) is 1.06. The molecule has 22 heavy (non-hydrogen) atoms. The van der Waals surface area contributed by atoms with Crippen molar-refractivity contribution in [1.82, 2.24) is 0 Å². The van der Waals surface area contributed by atoms with E-state index in [0.717, 1.165) is 25.0 Å². The molecule has 0 radical (unpaired) electrons. The van der Waals surface area contributed by atoms with Gasteiger partial charge in [-0.05, 0) is 49.4 Å². The quantitative estimate of drug-likeness (QED) is 0.304. The Labute approximate surface area is 149 Å². The Morgan fingerprint density at radius 1 is 0.773 bits per heavy atom. The van der Waals surface area contributed by atoms with Crippen LogP contribution in [-0.2, 0) is 9.26 Å². The number of ether oxygens (including phenoxy) is 1. The molecule has 134 valence electrons. The predicted octanol–water partition coefficient (Wildman–Crippen LogP) is 6.23. The Morgan fingerprint density at radius 2 is 1.23 bits per heavy atom. The molecule has 1 atom stereocenters. The summed E-state index contributed by atoms with van der Waals surface area (Å²) in [5.74, 6) is 0. The van der Waals surface area contributed by atoms with Gasteiger partial charge in [-0.2, -0.15) is 0 Å². The average Bonchev–Trinajstić information content (AvgIpc) is 2.24. The molecular weight excluding hydrogens is 359 g/mol. The Balaban J connectivity index is 4.37. The van der Waals surface area contributed by atoms with Crippen LogP contribution in [0.25, 0.3) is 0 Å². The fourth-order valence-corrected chi connectivity index (χ4v) is 4.70. The fraction of sp³-hybridized carbons (Fsp3) is 1.00. The lowest BCUT2D eigenvalue weighted by atomic mass is 9.74. The highest BCUT2D eigenvalue weighted by Crippen LogP contribution is 2.37. The van der Waals surface area contributed by atoms with Crippen molar-refractivity contribution < 1.29 is 9.26 Å². The minimum atomic E-state index is -0.134. The maximum atomic E-state index is 6.10. The summed E-state index contributed by atoms with van der Waals surface area (Å²) in [6.07, 6.45) is 3.34. The lowest BCUT2D eigenvalue weighted by Gasteiger charge is -2.37. The maximum Gasteiger partial charge on any atom is 0.0668 e. The first kappa shape index (κ1) is 22.8. The van der Waals surface area contributed by atoms with E-state index in [2.05, 4.69) is 80.8 Å². The van der Waals surface area contributed by atoms with Gasteiger partial charge in [0, 0.05) is 14.8 Å². The second kappa shape index (κ2) is 8.79. The third kappa shape index (κ3) is 10.6. The molecule has 0 bridgehead atoms. The van der Waals surface area contributed by atoms with Crippen molar-refractivity contribution >= 4 is 25.4 Å². The van der Waals surface area contributed by atoms with Gasteiger partial charge in [-0.1, -0.05) is 57.5 Å². The SMILES string of the molecule is CC(C)(CCBr)CC(C)(C)COCC(C)(C)CC(C)(C)OP. The summed E-state index contributed by atoms with van der Waals surface area (Å²) in [6, 6.07) is 0. The lowest BCUT2D eigenvalue weighted by molar-refractivity contribution is -0.0237. The predicted molar refractivity (Wildman–Crippen MR) is 105 cm³/mol. The molecule has 2 nitrogen and oxygen atoms in total. The number of alkyl halides is 1. The van der Waals surface area contributed by atoms with E-state index in [0.29, 0.717) is 5.41 Å². The van der Waals surface area contributed by atoms with Crippen molar-refractivity contribution in [1.29, 1.82) is 0 Å². The van der Waals surface area contributed by atoms with Crippen LogP contribution in [-0.4, -0.2) is 24.1 Å². The number of hydrogen-bond acceptors (Lipinski definition) is 2. The first-order chi connectivity index (χ1) is 9.74. The number of hydrogen-bond donors (Lipinski definition) is 0. The van der Waals surface area contributed by atoms with Gasteiger partial charge in [-0.25, -0.2) is 0 Å². The summed E-state index contributed by atoms with van der Waals surface area (Å²) in [7, 11) is 2.38. The average molecular weight is 397 g/mol. The molecule has 0 amide bonds. The molecule has 0 aromatic heterocycles. The molecule has 0 aliphatic heterocycles. The van der Waals surface area contributed by atoms with E-state index in [-0.39, 0.29) is 16.4 Å². The summed E-state index contributed by atoms with van der Waals surface area (Å²) < 4.78 is 11.6. The highest BCUT2D eigenvalue weighted by molar-refractivity contribution is 9.09. The second-order valence-corrected chi connectivity index (χ2v) is 10.7. The number of rotatable bonds is 11. The van der Waals surface area contributed by atoms with E-state index in [1.54, 1.807) is 0 Å². The van der Waals surface area contributed by atoms with Crippen LogP contribution >= 0.6 is 25.4 Å². The highest BCUT2D eigenvalue weighted by Gasteiger charge is 2.32. The van der Waals surface area contributed by atoms with Gasteiger partial charge in [0.15, 0.2) is 0 Å². The molecule has 0 aromatic rings. The Morgan fingerprint density at radius 3 is 1.64 bits per heavy atom. The van der Waals surface area contributed by atoms with E-state index in [4.69, 9.17) is 9.26 Å². The van der Waals surface area contributed by atoms with Gasteiger partial charge in [-0.3, -0.25) is 0 Å². The lowest BCUT2D eigenvalue weighted by Crippen LogP contribution is -2.34. The van der Waals surface area contributed by atoms with Crippen LogP contribution in [0.5, 0.6) is 0 Å². The molecule has 0 saturated heterocycles. The smallest absolute Gasteiger partial charge is 0.0668 e. The van der Waals surface area contributed by atoms with Gasteiger partial charge in [0.2, 0.25) is 0 Å². The van der Waals surface area contributed by atoms with Gasteiger partial charge in [0.05, 0.1) is 18.8 Å². The Kier molecular flexibility index (Phi) is 9.12. The van der Waals surface area contributed by atoms with Crippen LogP contribution < -0.4 is 0 Å². The van der Waals surface area contributed by atoms with Gasteiger partial charge in [-0.15, -0.1) is 0 Å². The van der Waals surface area contributed by atoms with Crippen LogP contribution in [0.4, 0.5) is 0 Å². The summed E-state index contributed by atoms with van der Waals surface area (Å²) in [6.45, 7) is 19.6. The molecule has 0 fully saturated rings. The molecule has 0 saturated carbocycles. The van der Waals surface area contributed by atoms with E-state index < -0.39 is 0 Å². The van der Waals surface area contributed by atoms with Gasteiger partial charge < -0.3 is 9.26 Å². The van der Waals surface area contributed by atoms with Gasteiger partial charge in [0.1, 0.15) is 0 Å². The van der Waals surface area contributed by atoms with Crippen molar-refractivity contribution in [3.8, 4) is 0 Å². The minimum absolute atomic E-state index is 0.113. The summed E-state index contributed by atoms with van der Waals surface area (Å²) in [5.41, 5.74) is 0.530. The zero-order valence-electron chi connectivity index (χ0n) is 16.0. The maximum absolute atomic E-state index is 6.10. The fourth-order valence-electron chi connectivity index (χ4n) is 3.54. The van der Waals surface area contributed by atoms with Crippen LogP contribution in [0.1, 0.15) is 74.7 Å². The van der Waals surface area contributed by atoms with Crippen LogP contribution in [0.2, 0.25) is 0 Å². The topological polar surface area (TPSA) is 18.5 Å². The van der Waals surface area contributed by atoms with Crippen LogP contribution in [0.3, 0.4) is 0 Å². The molecule has 0 rings (SSSR count). The molecule has 0 aromatic carbocycles. The molecule has 0 spiro atoms. The van der Waals surface area contributed by atoms with Gasteiger partial charge >= 0.3 is 0 Å². The first-order valence-electron chi connectivity index (χ1n) is 8.26. The van der Waals surface area contributed by atoms with Crippen molar-refractivity contribution in [2.24, 2.45) is 16.2 Å². The molecule has 0 aliphatic rings. The van der Waals surface area contributed by atoms with Crippen LogP contribution in [0.15, 0.2) is 0 Å². The molecular formula is C18H38BrO2P. The largest absolute Gasteiger partial charge is 0.380 e. The summed E-state index contributed by atoms with van der Waals surface area (Å²) >= 11 is 3.56. The third-order valence-corrected chi connectivity index (χ3v) is 4.97. The standard InChI is InChI=1S/C18H38BrO2P/c1-15(2,9-10-19)11-16(3,4)13-20-14-17(5,6)12-18(7,8)21-22/h9-14,22H2,1-8H3. The minimum Gasteiger partial charge on any atom is -0.380 e. The van der Waals surface area contributed by atoms with Crippen molar-refractivity contribution in [3.63, 3.8) is 0 Å². The highest BCUT2D eigenvalue weighted by atomic mass is 79.9. The zero-order valence-corrected chi connectivity index (χ0v) is 18.8. The molecule has 0 N–H and O–H groups in total. The first-order valence-corrected chi connectivity index (χ1v) is 9.85. The third-order valence-electron chi connectivity index (χ3n) is 3.94. The second-order valence-electron chi connectivity index (χ2n) is 9.66. The van der Waals surface area contributed by atoms with E-state index in [1.165, 1.54) is 12.8 Å². The molecule has 0 aliphatic carbocycles. The summed E-state index contributed by atoms with van der Waals surface area (Å²) in [4.78, 5) is 0. The van der Waals surface area contributed by atoms with E-state index in [1.807, 2.05) is 0 Å². The van der Waals surface area contributed by atoms with Crippen molar-refractivity contribution in [3.05, 3.63) is 0 Å². The molecule has 4 heteroatoms. The Bertz CT molecular complexity index is 325. The van der Waals surface area contributed by atoms with Crippen molar-refractivity contribution in [2.45, 2.75) is 80.3 Å². The van der Waals surface area contributed by atoms with E-state index >= 15 is 0 Å². The van der Waals surface area contributed by atoms with E-state index in [9.17, 15) is 0 Å². The molecule has 1 unspecified atom stereocenters. The number of halogens is 1. The van der Waals surface area contributed by atoms with Gasteiger partial charge in [0.25, 0.3) is 0 Å². The zero-order chi connectivity index (χ0) is 17.7. The van der Waals surface area contributed by atoms with Crippen molar-refractivity contribution in [2.75, 3.05) is 18.5 Å². The van der Waals surface area contributed by atoms with Crippen LogP contribution in [0, 0.1) is 16.2 Å². The molecule has 0 heterocycles. The Hall–Kier alpha value is 0.830. The normalized spacial score (nSPS) is 14.5.